The SMILES string of the molecule is CCOC(=O)C1=C(C)N=c2s/c(=C/c3ccc(N4CCOCC4)cc3)c(=O)n2[C@@H]1c1ccccc1. The summed E-state index contributed by atoms with van der Waals surface area (Å²) in [4.78, 5) is 34.0. The van der Waals surface area contributed by atoms with Gasteiger partial charge in [0, 0.05) is 18.8 Å². The summed E-state index contributed by atoms with van der Waals surface area (Å²) in [5, 5.41) is 0. The van der Waals surface area contributed by atoms with Gasteiger partial charge in [-0.15, -0.1) is 0 Å². The van der Waals surface area contributed by atoms with Crippen molar-refractivity contribution in [1.29, 1.82) is 0 Å². The van der Waals surface area contributed by atoms with Gasteiger partial charge in [-0.2, -0.15) is 0 Å². The number of hydrogen-bond donors (Lipinski definition) is 0. The Bertz CT molecular complexity index is 1430. The van der Waals surface area contributed by atoms with E-state index in [0.29, 0.717) is 20.6 Å². The third-order valence-electron chi connectivity index (χ3n) is 6.20. The van der Waals surface area contributed by atoms with Gasteiger partial charge >= 0.3 is 5.97 Å². The van der Waals surface area contributed by atoms with Gasteiger partial charge in [-0.25, -0.2) is 9.79 Å². The first-order valence-corrected chi connectivity index (χ1v) is 12.6. The lowest BCUT2D eigenvalue weighted by molar-refractivity contribution is -0.139. The maximum atomic E-state index is 13.6. The highest BCUT2D eigenvalue weighted by atomic mass is 32.1. The summed E-state index contributed by atoms with van der Waals surface area (Å²) < 4.78 is 13.0. The number of benzene rings is 2. The highest BCUT2D eigenvalue weighted by molar-refractivity contribution is 7.07. The molecule has 5 rings (SSSR count). The number of hydrogen-bond acceptors (Lipinski definition) is 7. The molecule has 0 amide bonds. The van der Waals surface area contributed by atoms with Crippen molar-refractivity contribution in [3.63, 3.8) is 0 Å². The lowest BCUT2D eigenvalue weighted by Gasteiger charge is -2.28. The van der Waals surface area contributed by atoms with Gasteiger partial charge in [0.2, 0.25) is 0 Å². The van der Waals surface area contributed by atoms with Gasteiger partial charge < -0.3 is 14.4 Å². The predicted molar refractivity (Wildman–Crippen MR) is 136 cm³/mol. The summed E-state index contributed by atoms with van der Waals surface area (Å²) in [6.07, 6.45) is 1.89. The number of nitrogens with zero attached hydrogens (tertiary/aromatic N) is 3. The minimum atomic E-state index is -0.586. The van der Waals surface area contributed by atoms with Gasteiger partial charge in [0.05, 0.1) is 41.7 Å². The molecule has 2 aromatic carbocycles. The first-order valence-electron chi connectivity index (χ1n) is 11.7. The molecule has 7 nitrogen and oxygen atoms in total. The van der Waals surface area contributed by atoms with E-state index in [1.54, 1.807) is 18.4 Å². The maximum absolute atomic E-state index is 13.6. The standard InChI is InChI=1S/C27H27N3O4S/c1-3-34-26(32)23-18(2)28-27-30(24(23)20-7-5-4-6-8-20)25(31)22(35-27)17-19-9-11-21(12-10-19)29-13-15-33-16-14-29/h4-12,17,24H,3,13-16H2,1-2H3/b22-17+/t24-/m1/s1. The number of esters is 1. The van der Waals surface area contributed by atoms with Crippen LogP contribution in [0.25, 0.3) is 6.08 Å². The summed E-state index contributed by atoms with van der Waals surface area (Å²) in [5.74, 6) is -0.449. The van der Waals surface area contributed by atoms with Crippen LogP contribution in [0.15, 0.2) is 75.7 Å². The smallest absolute Gasteiger partial charge is 0.338 e. The molecule has 1 aromatic heterocycles. The minimum Gasteiger partial charge on any atom is -0.463 e. The van der Waals surface area contributed by atoms with E-state index < -0.39 is 12.0 Å². The van der Waals surface area contributed by atoms with Crippen molar-refractivity contribution >= 4 is 29.1 Å². The van der Waals surface area contributed by atoms with Crippen molar-refractivity contribution in [3.05, 3.63) is 96.7 Å². The Morgan fingerprint density at radius 3 is 2.54 bits per heavy atom. The quantitative estimate of drug-likeness (QED) is 0.516. The van der Waals surface area contributed by atoms with Gasteiger partial charge in [0.15, 0.2) is 4.80 Å². The maximum Gasteiger partial charge on any atom is 0.338 e. The Hall–Kier alpha value is -3.49. The Labute approximate surface area is 207 Å². The molecule has 1 saturated heterocycles. The molecule has 0 N–H and O–H groups in total. The molecule has 3 heterocycles. The normalized spacial score (nSPS) is 18.3. The number of anilines is 1. The van der Waals surface area contributed by atoms with Crippen LogP contribution in [-0.4, -0.2) is 43.4 Å². The fourth-order valence-corrected chi connectivity index (χ4v) is 5.54. The van der Waals surface area contributed by atoms with E-state index in [2.05, 4.69) is 22.0 Å². The zero-order chi connectivity index (χ0) is 24.4. The highest BCUT2D eigenvalue weighted by Crippen LogP contribution is 2.30. The molecule has 0 aliphatic carbocycles. The van der Waals surface area contributed by atoms with E-state index in [-0.39, 0.29) is 12.2 Å². The number of carbonyl (C=O) groups is 1. The molecule has 3 aromatic rings. The molecule has 0 unspecified atom stereocenters. The number of aromatic nitrogens is 1. The van der Waals surface area contributed by atoms with Gasteiger partial charge in [-0.3, -0.25) is 9.36 Å². The van der Waals surface area contributed by atoms with Crippen molar-refractivity contribution < 1.29 is 14.3 Å². The topological polar surface area (TPSA) is 73.1 Å². The summed E-state index contributed by atoms with van der Waals surface area (Å²) in [7, 11) is 0. The van der Waals surface area contributed by atoms with Crippen molar-refractivity contribution in [3.8, 4) is 0 Å². The third kappa shape index (κ3) is 4.59. The van der Waals surface area contributed by atoms with E-state index in [1.807, 2.05) is 48.5 Å². The predicted octanol–water partition coefficient (Wildman–Crippen LogP) is 2.63. The molecule has 180 valence electrons. The second-order valence-corrected chi connectivity index (χ2v) is 9.41. The second-order valence-electron chi connectivity index (χ2n) is 8.40. The van der Waals surface area contributed by atoms with Gasteiger partial charge in [-0.1, -0.05) is 53.8 Å². The molecule has 0 spiro atoms. The van der Waals surface area contributed by atoms with Crippen LogP contribution in [-0.2, 0) is 14.3 Å². The zero-order valence-corrected chi connectivity index (χ0v) is 20.6. The molecule has 2 aliphatic heterocycles. The summed E-state index contributed by atoms with van der Waals surface area (Å²) >= 11 is 1.33. The van der Waals surface area contributed by atoms with Crippen molar-refractivity contribution in [2.75, 3.05) is 37.8 Å². The molecule has 0 saturated carbocycles. The van der Waals surface area contributed by atoms with Crippen LogP contribution in [0, 0.1) is 0 Å². The molecular formula is C27H27N3O4S. The molecule has 1 atom stereocenters. The summed E-state index contributed by atoms with van der Waals surface area (Å²) in [6, 6.07) is 17.2. The van der Waals surface area contributed by atoms with E-state index >= 15 is 0 Å². The van der Waals surface area contributed by atoms with E-state index in [4.69, 9.17) is 9.47 Å². The monoisotopic (exact) mass is 489 g/mol. The molecule has 0 radical (unpaired) electrons. The fraction of sp³-hybridized carbons (Fsp3) is 0.296. The lowest BCUT2D eigenvalue weighted by Crippen LogP contribution is -2.39. The van der Waals surface area contributed by atoms with Crippen LogP contribution < -0.4 is 19.8 Å². The molecular weight excluding hydrogens is 462 g/mol. The molecule has 35 heavy (non-hydrogen) atoms. The van der Waals surface area contributed by atoms with E-state index in [0.717, 1.165) is 43.1 Å². The first kappa shape index (κ1) is 23.3. The third-order valence-corrected chi connectivity index (χ3v) is 7.18. The number of thiazole rings is 1. The summed E-state index contributed by atoms with van der Waals surface area (Å²) in [6.45, 7) is 7.03. The molecule has 8 heteroatoms. The van der Waals surface area contributed by atoms with Crippen LogP contribution in [0.2, 0.25) is 0 Å². The Balaban J connectivity index is 1.57. The fourth-order valence-electron chi connectivity index (χ4n) is 4.50. The Morgan fingerprint density at radius 1 is 1.14 bits per heavy atom. The van der Waals surface area contributed by atoms with Gasteiger partial charge in [-0.05, 0) is 43.2 Å². The zero-order valence-electron chi connectivity index (χ0n) is 19.8. The van der Waals surface area contributed by atoms with Crippen molar-refractivity contribution in [2.24, 2.45) is 4.99 Å². The van der Waals surface area contributed by atoms with Crippen molar-refractivity contribution in [2.45, 2.75) is 19.9 Å². The number of fused-ring (bicyclic) bond motifs is 1. The average molecular weight is 490 g/mol. The van der Waals surface area contributed by atoms with E-state index in [1.165, 1.54) is 11.3 Å². The first-order chi connectivity index (χ1) is 17.1. The largest absolute Gasteiger partial charge is 0.463 e. The van der Waals surface area contributed by atoms with Crippen LogP contribution in [0.3, 0.4) is 0 Å². The number of ether oxygens (including phenoxy) is 2. The second kappa shape index (κ2) is 10.0. The van der Waals surface area contributed by atoms with Crippen LogP contribution in [0.4, 0.5) is 5.69 Å². The number of carbonyl (C=O) groups excluding carboxylic acids is 1. The number of allylic oxidation sites excluding steroid dienone is 1. The van der Waals surface area contributed by atoms with Gasteiger partial charge in [0.25, 0.3) is 5.56 Å². The minimum absolute atomic E-state index is 0.172. The lowest BCUT2D eigenvalue weighted by atomic mass is 9.96. The number of rotatable bonds is 5. The summed E-state index contributed by atoms with van der Waals surface area (Å²) in [5.41, 5.74) is 3.71. The average Bonchev–Trinajstić information content (AvgIpc) is 3.19. The molecule has 0 bridgehead atoms. The van der Waals surface area contributed by atoms with Crippen LogP contribution in [0.1, 0.15) is 31.0 Å². The molecule has 2 aliphatic rings. The highest BCUT2D eigenvalue weighted by Gasteiger charge is 2.33. The Morgan fingerprint density at radius 2 is 1.86 bits per heavy atom. The van der Waals surface area contributed by atoms with Crippen LogP contribution >= 0.6 is 11.3 Å². The van der Waals surface area contributed by atoms with E-state index in [9.17, 15) is 9.59 Å². The van der Waals surface area contributed by atoms with Crippen LogP contribution in [0.5, 0.6) is 0 Å². The van der Waals surface area contributed by atoms with Gasteiger partial charge in [0.1, 0.15) is 0 Å². The van der Waals surface area contributed by atoms with Crippen molar-refractivity contribution in [1.82, 2.24) is 4.57 Å². The Kier molecular flexibility index (Phi) is 6.66. The molecule has 1 fully saturated rings. The number of morpholine rings is 1.